The number of nitrogens with zero attached hydrogens (tertiary/aromatic N) is 2. The SMILES string of the molecule is Cc1cccc2nn(C)c(C(N)=O)c12. The number of primary amides is 1. The van der Waals surface area contributed by atoms with Gasteiger partial charge >= 0.3 is 0 Å². The minimum Gasteiger partial charge on any atom is -0.364 e. The van der Waals surface area contributed by atoms with E-state index in [4.69, 9.17) is 5.73 Å². The van der Waals surface area contributed by atoms with Crippen molar-refractivity contribution in [2.45, 2.75) is 6.92 Å². The third-order valence-corrected chi connectivity index (χ3v) is 2.30. The molecule has 0 fully saturated rings. The van der Waals surface area contributed by atoms with Crippen LogP contribution in [0, 0.1) is 6.92 Å². The Kier molecular flexibility index (Phi) is 1.77. The topological polar surface area (TPSA) is 60.9 Å². The van der Waals surface area contributed by atoms with Gasteiger partial charge in [0.05, 0.1) is 5.52 Å². The highest BCUT2D eigenvalue weighted by atomic mass is 16.1. The molecule has 72 valence electrons. The van der Waals surface area contributed by atoms with Gasteiger partial charge in [0.25, 0.3) is 5.91 Å². The summed E-state index contributed by atoms with van der Waals surface area (Å²) in [6.45, 7) is 1.94. The second-order valence-corrected chi connectivity index (χ2v) is 3.31. The van der Waals surface area contributed by atoms with Crippen LogP contribution in [-0.4, -0.2) is 15.7 Å². The van der Waals surface area contributed by atoms with Crippen molar-refractivity contribution >= 4 is 16.8 Å². The highest BCUT2D eigenvalue weighted by molar-refractivity contribution is 6.05. The largest absolute Gasteiger partial charge is 0.364 e. The first kappa shape index (κ1) is 8.74. The molecule has 0 aliphatic rings. The number of aromatic nitrogens is 2. The number of hydrogen-bond acceptors (Lipinski definition) is 2. The summed E-state index contributed by atoms with van der Waals surface area (Å²) in [4.78, 5) is 11.2. The average Bonchev–Trinajstić information content (AvgIpc) is 2.42. The first-order chi connectivity index (χ1) is 6.61. The number of hydrogen-bond donors (Lipinski definition) is 1. The molecule has 0 radical (unpaired) electrons. The van der Waals surface area contributed by atoms with E-state index in [1.165, 1.54) is 4.68 Å². The number of nitrogens with two attached hydrogens (primary N) is 1. The van der Waals surface area contributed by atoms with Gasteiger partial charge in [-0.15, -0.1) is 0 Å². The Morgan fingerprint density at radius 3 is 2.86 bits per heavy atom. The lowest BCUT2D eigenvalue weighted by molar-refractivity contribution is 0.0993. The van der Waals surface area contributed by atoms with Crippen LogP contribution in [0.3, 0.4) is 0 Å². The molecule has 0 bridgehead atoms. The molecule has 1 heterocycles. The molecule has 2 aromatic rings. The number of carbonyl (C=O) groups excluding carboxylic acids is 1. The van der Waals surface area contributed by atoms with Gasteiger partial charge in [-0.05, 0) is 18.6 Å². The van der Waals surface area contributed by atoms with Gasteiger partial charge in [-0.1, -0.05) is 12.1 Å². The first-order valence-electron chi connectivity index (χ1n) is 4.33. The van der Waals surface area contributed by atoms with Crippen molar-refractivity contribution in [1.82, 2.24) is 9.78 Å². The van der Waals surface area contributed by atoms with E-state index in [0.29, 0.717) is 5.69 Å². The van der Waals surface area contributed by atoms with Gasteiger partial charge in [0.15, 0.2) is 0 Å². The lowest BCUT2D eigenvalue weighted by Crippen LogP contribution is -2.16. The molecule has 0 atom stereocenters. The molecule has 2 N–H and O–H groups in total. The number of benzene rings is 1. The van der Waals surface area contributed by atoms with Gasteiger partial charge in [0.2, 0.25) is 0 Å². The molecule has 1 amide bonds. The number of fused-ring (bicyclic) bond motifs is 1. The van der Waals surface area contributed by atoms with Crippen LogP contribution in [-0.2, 0) is 7.05 Å². The van der Waals surface area contributed by atoms with Crippen LogP contribution < -0.4 is 5.73 Å². The van der Waals surface area contributed by atoms with Crippen molar-refractivity contribution in [3.8, 4) is 0 Å². The fraction of sp³-hybridized carbons (Fsp3) is 0.200. The van der Waals surface area contributed by atoms with Crippen molar-refractivity contribution in [2.24, 2.45) is 12.8 Å². The Hall–Kier alpha value is -1.84. The Labute approximate surface area is 81.3 Å². The molecule has 0 saturated heterocycles. The first-order valence-corrected chi connectivity index (χ1v) is 4.33. The monoisotopic (exact) mass is 189 g/mol. The van der Waals surface area contributed by atoms with Gasteiger partial charge in [-0.25, -0.2) is 0 Å². The Balaban J connectivity index is 2.93. The van der Waals surface area contributed by atoms with Crippen LogP contribution in [0.15, 0.2) is 18.2 Å². The molecular weight excluding hydrogens is 178 g/mol. The molecule has 4 heteroatoms. The molecule has 4 nitrogen and oxygen atoms in total. The van der Waals surface area contributed by atoms with Crippen molar-refractivity contribution in [2.75, 3.05) is 0 Å². The number of carbonyl (C=O) groups is 1. The number of rotatable bonds is 1. The van der Waals surface area contributed by atoms with E-state index in [9.17, 15) is 4.79 Å². The van der Waals surface area contributed by atoms with Crippen molar-refractivity contribution in [3.63, 3.8) is 0 Å². The summed E-state index contributed by atoms with van der Waals surface area (Å²) in [5.41, 5.74) is 7.59. The number of aryl methyl sites for hydroxylation is 2. The second-order valence-electron chi connectivity index (χ2n) is 3.31. The molecule has 0 spiro atoms. The Morgan fingerprint density at radius 2 is 2.21 bits per heavy atom. The predicted molar refractivity (Wildman–Crippen MR) is 54.0 cm³/mol. The third-order valence-electron chi connectivity index (χ3n) is 2.30. The minimum atomic E-state index is -0.440. The molecule has 2 rings (SSSR count). The van der Waals surface area contributed by atoms with Gasteiger partial charge in [0, 0.05) is 12.4 Å². The summed E-state index contributed by atoms with van der Waals surface area (Å²) >= 11 is 0. The zero-order chi connectivity index (χ0) is 10.3. The van der Waals surface area contributed by atoms with Crippen LogP contribution >= 0.6 is 0 Å². The maximum absolute atomic E-state index is 11.2. The summed E-state index contributed by atoms with van der Waals surface area (Å²) in [6.07, 6.45) is 0. The highest BCUT2D eigenvalue weighted by Crippen LogP contribution is 2.20. The van der Waals surface area contributed by atoms with Crippen LogP contribution in [0.5, 0.6) is 0 Å². The van der Waals surface area contributed by atoms with E-state index in [0.717, 1.165) is 16.5 Å². The van der Waals surface area contributed by atoms with E-state index in [2.05, 4.69) is 5.10 Å². The van der Waals surface area contributed by atoms with Crippen molar-refractivity contribution < 1.29 is 4.79 Å². The summed E-state index contributed by atoms with van der Waals surface area (Å²) in [5, 5.41) is 5.06. The second kappa shape index (κ2) is 2.83. The normalized spacial score (nSPS) is 10.7. The zero-order valence-electron chi connectivity index (χ0n) is 8.11. The van der Waals surface area contributed by atoms with Crippen LogP contribution in [0.1, 0.15) is 16.1 Å². The molecule has 14 heavy (non-hydrogen) atoms. The third kappa shape index (κ3) is 1.08. The summed E-state index contributed by atoms with van der Waals surface area (Å²) in [6, 6.07) is 5.72. The summed E-state index contributed by atoms with van der Waals surface area (Å²) in [7, 11) is 1.72. The average molecular weight is 189 g/mol. The van der Waals surface area contributed by atoms with E-state index in [1.807, 2.05) is 25.1 Å². The van der Waals surface area contributed by atoms with Crippen LogP contribution in [0.25, 0.3) is 10.9 Å². The van der Waals surface area contributed by atoms with Crippen LogP contribution in [0.4, 0.5) is 0 Å². The predicted octanol–water partition coefficient (Wildman–Crippen LogP) is 0.981. The smallest absolute Gasteiger partial charge is 0.267 e. The molecule has 1 aromatic heterocycles. The molecule has 0 aliphatic heterocycles. The molecule has 0 unspecified atom stereocenters. The van der Waals surface area contributed by atoms with E-state index in [1.54, 1.807) is 7.05 Å². The maximum atomic E-state index is 11.2. The minimum absolute atomic E-state index is 0.440. The number of amides is 1. The van der Waals surface area contributed by atoms with Crippen molar-refractivity contribution in [1.29, 1.82) is 0 Å². The molecule has 1 aromatic carbocycles. The van der Waals surface area contributed by atoms with Gasteiger partial charge in [-0.3, -0.25) is 9.48 Å². The van der Waals surface area contributed by atoms with Crippen molar-refractivity contribution in [3.05, 3.63) is 29.5 Å². The fourth-order valence-electron chi connectivity index (χ4n) is 1.70. The van der Waals surface area contributed by atoms with Gasteiger partial charge in [0.1, 0.15) is 5.69 Å². The van der Waals surface area contributed by atoms with Gasteiger partial charge < -0.3 is 5.73 Å². The van der Waals surface area contributed by atoms with Gasteiger partial charge in [-0.2, -0.15) is 5.10 Å². The van der Waals surface area contributed by atoms with E-state index < -0.39 is 5.91 Å². The van der Waals surface area contributed by atoms with Crippen LogP contribution in [0.2, 0.25) is 0 Å². The maximum Gasteiger partial charge on any atom is 0.267 e. The lowest BCUT2D eigenvalue weighted by atomic mass is 10.1. The zero-order valence-corrected chi connectivity index (χ0v) is 8.11. The molecule has 0 saturated carbocycles. The highest BCUT2D eigenvalue weighted by Gasteiger charge is 2.14. The van der Waals surface area contributed by atoms with E-state index >= 15 is 0 Å². The molecular formula is C10H11N3O. The fourth-order valence-corrected chi connectivity index (χ4v) is 1.70. The molecule has 0 aliphatic carbocycles. The summed E-state index contributed by atoms with van der Waals surface area (Å²) < 4.78 is 1.53. The lowest BCUT2D eigenvalue weighted by Gasteiger charge is -1.98. The Morgan fingerprint density at radius 1 is 1.50 bits per heavy atom. The quantitative estimate of drug-likeness (QED) is 0.726. The van der Waals surface area contributed by atoms with E-state index in [-0.39, 0.29) is 0 Å². The summed E-state index contributed by atoms with van der Waals surface area (Å²) in [5.74, 6) is -0.440. The standard InChI is InChI=1S/C10H11N3O/c1-6-4-3-5-7-8(6)9(10(11)14)13(2)12-7/h3-5H,1-2H3,(H2,11,14). The Bertz CT molecular complexity index is 513.